The van der Waals surface area contributed by atoms with Gasteiger partial charge in [-0.2, -0.15) is 9.78 Å². The maximum Gasteiger partial charge on any atom is 0.435 e. The number of hydrogen-bond donors (Lipinski definition) is 1. The van der Waals surface area contributed by atoms with Crippen molar-refractivity contribution in [3.05, 3.63) is 77.2 Å². The zero-order valence-electron chi connectivity index (χ0n) is 25.0. The van der Waals surface area contributed by atoms with Gasteiger partial charge in [0.2, 0.25) is 0 Å². The molecule has 0 radical (unpaired) electrons. The first-order chi connectivity index (χ1) is 19.7. The molecule has 0 aliphatic carbocycles. The smallest absolute Gasteiger partial charge is 0.435 e. The molecule has 42 heavy (non-hydrogen) atoms. The van der Waals surface area contributed by atoms with Gasteiger partial charge in [0.25, 0.3) is 0 Å². The largest absolute Gasteiger partial charge is 0.490 e. The molecule has 9 nitrogen and oxygen atoms in total. The fourth-order valence-corrected chi connectivity index (χ4v) is 4.52. The number of aromatic nitrogens is 3. The summed E-state index contributed by atoms with van der Waals surface area (Å²) in [6.45, 7) is 12.9. The molecular weight excluding hydrogens is 556 g/mol. The monoisotopic (exact) mass is 592 g/mol. The van der Waals surface area contributed by atoms with E-state index in [1.165, 1.54) is 4.68 Å². The number of hydrogen-bond acceptors (Lipinski definition) is 7. The molecular formula is C32H37ClN4O5. The molecule has 0 aliphatic rings. The number of alkyl carbamates (subject to hydrolysis) is 1. The summed E-state index contributed by atoms with van der Waals surface area (Å²) in [5.74, 6) is 0.486. The lowest BCUT2D eigenvalue weighted by molar-refractivity contribution is 0.0484. The van der Waals surface area contributed by atoms with Crippen molar-refractivity contribution in [1.29, 1.82) is 0 Å². The van der Waals surface area contributed by atoms with Crippen molar-refractivity contribution < 1.29 is 23.8 Å². The number of amides is 1. The molecule has 2 aromatic carbocycles. The molecule has 1 atom stereocenters. The number of halogens is 1. The van der Waals surface area contributed by atoms with E-state index in [9.17, 15) is 9.59 Å². The van der Waals surface area contributed by atoms with E-state index in [2.05, 4.69) is 15.4 Å². The van der Waals surface area contributed by atoms with Gasteiger partial charge in [0, 0.05) is 10.9 Å². The minimum Gasteiger partial charge on any atom is -0.490 e. The first kappa shape index (κ1) is 30.8. The second kappa shape index (κ2) is 12.4. The third-order valence-electron chi connectivity index (χ3n) is 6.05. The molecule has 0 saturated heterocycles. The van der Waals surface area contributed by atoms with E-state index in [1.54, 1.807) is 18.3 Å². The molecule has 0 aliphatic heterocycles. The number of pyridine rings is 1. The van der Waals surface area contributed by atoms with Gasteiger partial charge in [0.1, 0.15) is 28.7 Å². The number of benzene rings is 2. The molecule has 4 rings (SSSR count). The number of ether oxygens (including phenoxy) is 3. The fraction of sp³-hybridized carbons (Fsp3) is 0.375. The number of rotatable bonds is 7. The lowest BCUT2D eigenvalue weighted by atomic mass is 10.0. The van der Waals surface area contributed by atoms with Gasteiger partial charge >= 0.3 is 12.2 Å². The van der Waals surface area contributed by atoms with Crippen LogP contribution in [0.1, 0.15) is 52.8 Å². The summed E-state index contributed by atoms with van der Waals surface area (Å²) in [6, 6.07) is 16.8. The van der Waals surface area contributed by atoms with E-state index in [0.29, 0.717) is 34.1 Å². The highest BCUT2D eigenvalue weighted by Gasteiger charge is 2.23. The van der Waals surface area contributed by atoms with Crippen molar-refractivity contribution in [2.24, 2.45) is 0 Å². The summed E-state index contributed by atoms with van der Waals surface area (Å²) in [5.41, 5.74) is 2.51. The Bertz CT molecular complexity index is 1570. The van der Waals surface area contributed by atoms with Crippen LogP contribution in [0.15, 0.2) is 60.8 Å². The van der Waals surface area contributed by atoms with Crippen molar-refractivity contribution in [1.82, 2.24) is 20.1 Å². The Balaban J connectivity index is 1.56. The number of carbonyl (C=O) groups excluding carboxylic acids is 2. The van der Waals surface area contributed by atoms with Crippen LogP contribution in [0.3, 0.4) is 0 Å². The molecule has 10 heteroatoms. The molecule has 0 fully saturated rings. The summed E-state index contributed by atoms with van der Waals surface area (Å²) in [4.78, 5) is 29.6. The van der Waals surface area contributed by atoms with Gasteiger partial charge in [-0.15, -0.1) is 0 Å². The Morgan fingerprint density at radius 2 is 1.67 bits per heavy atom. The maximum atomic E-state index is 12.7. The van der Waals surface area contributed by atoms with Crippen LogP contribution in [0.2, 0.25) is 5.15 Å². The number of carbonyl (C=O) groups is 2. The third kappa shape index (κ3) is 8.22. The molecule has 2 aromatic heterocycles. The van der Waals surface area contributed by atoms with Crippen molar-refractivity contribution in [3.63, 3.8) is 0 Å². The van der Waals surface area contributed by atoms with Crippen LogP contribution >= 0.6 is 11.6 Å². The number of fused-ring (bicyclic) bond motifs is 1. The molecule has 222 valence electrons. The molecule has 0 saturated carbocycles. The Morgan fingerprint density at radius 3 is 2.33 bits per heavy atom. The highest BCUT2D eigenvalue weighted by molar-refractivity contribution is 6.32. The lowest BCUT2D eigenvalue weighted by Crippen LogP contribution is -2.43. The van der Waals surface area contributed by atoms with E-state index in [-0.39, 0.29) is 12.6 Å². The van der Waals surface area contributed by atoms with E-state index >= 15 is 0 Å². The SMILES string of the molecule is Cc1nn(C(=O)OC(C)(C)C)c2ccc(-c3cc(OC[C@@H](Cc4ccccc4)NC(=O)OC(C)(C)C)cnc3Cl)cc12. The number of nitrogens with one attached hydrogen (secondary N) is 1. The zero-order valence-corrected chi connectivity index (χ0v) is 25.8. The highest BCUT2D eigenvalue weighted by atomic mass is 35.5. The van der Waals surface area contributed by atoms with Gasteiger partial charge in [-0.3, -0.25) is 0 Å². The van der Waals surface area contributed by atoms with Crippen molar-refractivity contribution in [2.75, 3.05) is 6.61 Å². The lowest BCUT2D eigenvalue weighted by Gasteiger charge is -2.24. The van der Waals surface area contributed by atoms with Gasteiger partial charge < -0.3 is 19.5 Å². The van der Waals surface area contributed by atoms with Gasteiger partial charge in [-0.05, 0) is 84.2 Å². The molecule has 4 aromatic rings. The van der Waals surface area contributed by atoms with Gasteiger partial charge in [0.05, 0.1) is 23.4 Å². The van der Waals surface area contributed by atoms with E-state index in [0.717, 1.165) is 16.5 Å². The second-order valence-electron chi connectivity index (χ2n) is 12.1. The first-order valence-corrected chi connectivity index (χ1v) is 14.1. The molecule has 0 unspecified atom stereocenters. The summed E-state index contributed by atoms with van der Waals surface area (Å²) in [7, 11) is 0. The summed E-state index contributed by atoms with van der Waals surface area (Å²) in [5, 5.41) is 8.40. The molecule has 1 amide bonds. The topological polar surface area (TPSA) is 105 Å². The van der Waals surface area contributed by atoms with Gasteiger partial charge in [-0.25, -0.2) is 14.6 Å². The summed E-state index contributed by atoms with van der Waals surface area (Å²) in [6.07, 6.45) is 1.03. The zero-order chi connectivity index (χ0) is 30.7. The van der Waals surface area contributed by atoms with Crippen LogP contribution in [0, 0.1) is 6.92 Å². The van der Waals surface area contributed by atoms with Crippen molar-refractivity contribution in [3.8, 4) is 16.9 Å². The minimum absolute atomic E-state index is 0.178. The van der Waals surface area contributed by atoms with Crippen LogP contribution in [-0.4, -0.2) is 50.8 Å². The Kier molecular flexibility index (Phi) is 9.11. The number of nitrogens with zero attached hydrogens (tertiary/aromatic N) is 3. The second-order valence-corrected chi connectivity index (χ2v) is 12.4. The van der Waals surface area contributed by atoms with Crippen LogP contribution in [-0.2, 0) is 15.9 Å². The van der Waals surface area contributed by atoms with Crippen molar-refractivity contribution >= 4 is 34.7 Å². The fourth-order valence-electron chi connectivity index (χ4n) is 4.31. The normalized spacial score (nSPS) is 12.6. The number of aryl methyl sites for hydroxylation is 1. The molecule has 1 N–H and O–H groups in total. The third-order valence-corrected chi connectivity index (χ3v) is 6.35. The average Bonchev–Trinajstić information content (AvgIpc) is 3.22. The van der Waals surface area contributed by atoms with E-state index in [1.807, 2.05) is 90.9 Å². The van der Waals surface area contributed by atoms with Crippen LogP contribution in [0.4, 0.5) is 9.59 Å². The first-order valence-electron chi connectivity index (χ1n) is 13.7. The molecule has 0 bridgehead atoms. The van der Waals surface area contributed by atoms with Gasteiger partial charge in [-0.1, -0.05) is 48.0 Å². The Hall–Kier alpha value is -4.11. The summed E-state index contributed by atoms with van der Waals surface area (Å²) < 4.78 is 18.4. The molecule has 0 spiro atoms. The van der Waals surface area contributed by atoms with E-state index in [4.69, 9.17) is 25.8 Å². The Labute approximate surface area is 251 Å². The average molecular weight is 593 g/mol. The standard InChI is InChI=1S/C32H37ClN4O5/c1-20-25-16-22(13-14-27(25)37(36-20)30(39)42-32(5,6)7)26-17-24(18-34-28(26)33)40-19-23(15-21-11-9-8-10-12-21)35-29(38)41-31(2,3)4/h8-14,16-18,23H,15,19H2,1-7H3,(H,35,38)/t23-/m1/s1. The molecule has 2 heterocycles. The predicted octanol–water partition coefficient (Wildman–Crippen LogP) is 7.36. The summed E-state index contributed by atoms with van der Waals surface area (Å²) >= 11 is 6.52. The van der Waals surface area contributed by atoms with E-state index < -0.39 is 23.4 Å². The minimum atomic E-state index is -0.647. The van der Waals surface area contributed by atoms with Crippen LogP contribution < -0.4 is 10.1 Å². The highest BCUT2D eigenvalue weighted by Crippen LogP contribution is 2.33. The predicted molar refractivity (Wildman–Crippen MR) is 163 cm³/mol. The van der Waals surface area contributed by atoms with Crippen LogP contribution in [0.5, 0.6) is 5.75 Å². The quantitative estimate of drug-likeness (QED) is 0.224. The Morgan fingerprint density at radius 1 is 0.976 bits per heavy atom. The van der Waals surface area contributed by atoms with Crippen molar-refractivity contribution in [2.45, 2.75) is 72.1 Å². The van der Waals surface area contributed by atoms with Gasteiger partial charge in [0.15, 0.2) is 0 Å². The van der Waals surface area contributed by atoms with Crippen LogP contribution in [0.25, 0.3) is 22.0 Å². The maximum absolute atomic E-state index is 12.7.